The van der Waals surface area contributed by atoms with E-state index in [0.29, 0.717) is 17.2 Å². The minimum atomic E-state index is -4.10. The predicted octanol–water partition coefficient (Wildman–Crippen LogP) is 8.95. The van der Waals surface area contributed by atoms with E-state index in [-0.39, 0.29) is 5.75 Å². The van der Waals surface area contributed by atoms with Gasteiger partial charge in [-0.2, -0.15) is 8.78 Å². The molecule has 0 fully saturated rings. The van der Waals surface area contributed by atoms with Crippen LogP contribution in [-0.4, -0.2) is 12.7 Å². The molecular weight excluding hydrogens is 449 g/mol. The van der Waals surface area contributed by atoms with Gasteiger partial charge in [0.25, 0.3) is 0 Å². The molecular formula is C27H26ClF3O2. The number of halogens is 4. The molecule has 0 atom stereocenters. The molecule has 0 spiro atoms. The molecule has 0 aliphatic rings. The Morgan fingerprint density at radius 2 is 1.39 bits per heavy atom. The Bertz CT molecular complexity index is 1030. The molecule has 0 aliphatic carbocycles. The molecule has 3 aromatic carbocycles. The first-order valence-electron chi connectivity index (χ1n) is 10.9. The van der Waals surface area contributed by atoms with Crippen molar-refractivity contribution in [2.45, 2.75) is 38.7 Å². The molecule has 3 rings (SSSR count). The van der Waals surface area contributed by atoms with E-state index in [9.17, 15) is 13.2 Å². The van der Waals surface area contributed by atoms with Crippen LogP contribution in [0.3, 0.4) is 0 Å². The van der Waals surface area contributed by atoms with Crippen LogP contribution in [-0.2, 0) is 0 Å². The van der Waals surface area contributed by atoms with Gasteiger partial charge in [0, 0.05) is 5.02 Å². The Balaban J connectivity index is 1.60. The largest absolute Gasteiger partial charge is 0.494 e. The molecule has 0 N–H and O–H groups in total. The Hall–Kier alpha value is -2.92. The summed E-state index contributed by atoms with van der Waals surface area (Å²) in [5, 5.41) is 0.367. The Kier molecular flexibility index (Phi) is 8.84. The minimum Gasteiger partial charge on any atom is -0.494 e. The molecule has 0 aliphatic heterocycles. The number of ether oxygens (including phenoxy) is 2. The first-order chi connectivity index (χ1) is 15.9. The summed E-state index contributed by atoms with van der Waals surface area (Å²) in [6, 6.07) is 19.6. The van der Waals surface area contributed by atoms with Crippen molar-refractivity contribution in [3.63, 3.8) is 0 Å². The number of benzene rings is 3. The summed E-state index contributed by atoms with van der Waals surface area (Å²) in [4.78, 5) is 0. The van der Waals surface area contributed by atoms with Gasteiger partial charge < -0.3 is 9.47 Å². The van der Waals surface area contributed by atoms with E-state index in [4.69, 9.17) is 16.3 Å². The van der Waals surface area contributed by atoms with E-state index < -0.39 is 11.9 Å². The lowest BCUT2D eigenvalue weighted by molar-refractivity contribution is -0.155. The summed E-state index contributed by atoms with van der Waals surface area (Å²) in [5.41, 5.74) is 2.12. The van der Waals surface area contributed by atoms with Crippen LogP contribution in [0.4, 0.5) is 13.2 Å². The third-order valence-corrected chi connectivity index (χ3v) is 5.25. The van der Waals surface area contributed by atoms with Crippen LogP contribution in [0.5, 0.6) is 11.5 Å². The van der Waals surface area contributed by atoms with Gasteiger partial charge in [-0.05, 0) is 65.6 Å². The average Bonchev–Trinajstić information content (AvgIpc) is 2.81. The number of alkyl halides is 2. The summed E-state index contributed by atoms with van der Waals surface area (Å²) in [6.07, 6.45) is 1.26. The zero-order chi connectivity index (χ0) is 23.7. The van der Waals surface area contributed by atoms with Gasteiger partial charge in [-0.25, -0.2) is 4.39 Å². The average molecular weight is 475 g/mol. The first kappa shape index (κ1) is 24.7. The third kappa shape index (κ3) is 7.57. The smallest absolute Gasteiger partial charge is 0.454 e. The molecule has 0 aromatic heterocycles. The fourth-order valence-corrected chi connectivity index (χ4v) is 3.29. The summed E-state index contributed by atoms with van der Waals surface area (Å²) >= 11 is 5.72. The second-order valence-electron chi connectivity index (χ2n) is 7.62. The number of unbranched alkanes of at least 4 members (excludes halogenated alkanes) is 3. The van der Waals surface area contributed by atoms with E-state index in [1.54, 1.807) is 24.3 Å². The molecule has 6 heteroatoms. The van der Waals surface area contributed by atoms with Gasteiger partial charge in [0.2, 0.25) is 5.83 Å². The van der Waals surface area contributed by atoms with Crippen LogP contribution in [0.15, 0.2) is 78.6 Å². The van der Waals surface area contributed by atoms with E-state index >= 15 is 0 Å². The fraction of sp³-hybridized carbons (Fsp3) is 0.259. The summed E-state index contributed by atoms with van der Waals surface area (Å²) in [7, 11) is 0. The normalized spacial score (nSPS) is 12.0. The van der Waals surface area contributed by atoms with Crippen LogP contribution in [0.1, 0.15) is 38.2 Å². The van der Waals surface area contributed by atoms with Gasteiger partial charge in [-0.3, -0.25) is 0 Å². The molecule has 3 aromatic rings. The third-order valence-electron chi connectivity index (χ3n) is 5.00. The van der Waals surface area contributed by atoms with Crippen molar-refractivity contribution in [2.24, 2.45) is 0 Å². The van der Waals surface area contributed by atoms with Gasteiger partial charge in [-0.1, -0.05) is 74.2 Å². The van der Waals surface area contributed by atoms with E-state index in [2.05, 4.69) is 11.7 Å². The molecule has 0 radical (unpaired) electrons. The Morgan fingerprint density at radius 3 is 2.00 bits per heavy atom. The highest BCUT2D eigenvalue weighted by Gasteiger charge is 2.38. The van der Waals surface area contributed by atoms with Crippen molar-refractivity contribution in [3.8, 4) is 22.6 Å². The summed E-state index contributed by atoms with van der Waals surface area (Å²) in [6.45, 7) is 2.86. The highest BCUT2D eigenvalue weighted by molar-refractivity contribution is 6.30. The fourth-order valence-electron chi connectivity index (χ4n) is 3.16. The molecule has 0 unspecified atom stereocenters. The molecule has 0 amide bonds. The van der Waals surface area contributed by atoms with Crippen molar-refractivity contribution < 1.29 is 22.6 Å². The van der Waals surface area contributed by atoms with E-state index in [1.807, 2.05) is 24.3 Å². The maximum Gasteiger partial charge on any atom is 0.454 e. The lowest BCUT2D eigenvalue weighted by atomic mass is 10.0. The van der Waals surface area contributed by atoms with Gasteiger partial charge in [0.1, 0.15) is 11.5 Å². The zero-order valence-corrected chi connectivity index (χ0v) is 19.1. The van der Waals surface area contributed by atoms with Crippen molar-refractivity contribution in [3.05, 3.63) is 89.2 Å². The molecule has 0 saturated heterocycles. The van der Waals surface area contributed by atoms with Gasteiger partial charge >= 0.3 is 6.11 Å². The number of rotatable bonds is 11. The molecule has 174 valence electrons. The number of hydrogen-bond acceptors (Lipinski definition) is 2. The zero-order valence-electron chi connectivity index (χ0n) is 18.4. The van der Waals surface area contributed by atoms with Gasteiger partial charge in [-0.15, -0.1) is 0 Å². The molecule has 33 heavy (non-hydrogen) atoms. The maximum absolute atomic E-state index is 14.2. The van der Waals surface area contributed by atoms with Crippen LogP contribution >= 0.6 is 11.6 Å². The second kappa shape index (κ2) is 11.8. The Labute approximate surface area is 197 Å². The van der Waals surface area contributed by atoms with E-state index in [1.165, 1.54) is 37.1 Å². The predicted molar refractivity (Wildman–Crippen MR) is 128 cm³/mol. The van der Waals surface area contributed by atoms with Crippen molar-refractivity contribution in [1.29, 1.82) is 0 Å². The monoisotopic (exact) mass is 474 g/mol. The highest BCUT2D eigenvalue weighted by atomic mass is 35.5. The lowest BCUT2D eigenvalue weighted by Crippen LogP contribution is -2.25. The Morgan fingerprint density at radius 1 is 0.818 bits per heavy atom. The van der Waals surface area contributed by atoms with Crippen molar-refractivity contribution >= 4 is 17.7 Å². The maximum atomic E-state index is 14.2. The van der Waals surface area contributed by atoms with Crippen LogP contribution in [0, 0.1) is 0 Å². The van der Waals surface area contributed by atoms with Crippen LogP contribution < -0.4 is 9.47 Å². The van der Waals surface area contributed by atoms with E-state index in [0.717, 1.165) is 35.8 Å². The topological polar surface area (TPSA) is 18.5 Å². The summed E-state index contributed by atoms with van der Waals surface area (Å²) in [5.74, 6) is -1.07. The van der Waals surface area contributed by atoms with Gasteiger partial charge in [0.05, 0.1) is 6.61 Å². The first-order valence-corrected chi connectivity index (χ1v) is 11.3. The minimum absolute atomic E-state index is 0.184. The highest BCUT2D eigenvalue weighted by Crippen LogP contribution is 2.32. The van der Waals surface area contributed by atoms with Crippen LogP contribution in [0.2, 0.25) is 5.02 Å². The quantitative estimate of drug-likeness (QED) is 0.258. The second-order valence-corrected chi connectivity index (χ2v) is 8.06. The van der Waals surface area contributed by atoms with Crippen molar-refractivity contribution in [2.75, 3.05) is 6.61 Å². The molecule has 0 saturated carbocycles. The lowest BCUT2D eigenvalue weighted by Gasteiger charge is -2.16. The number of hydrogen-bond donors (Lipinski definition) is 0. The summed E-state index contributed by atoms with van der Waals surface area (Å²) < 4.78 is 52.7. The molecule has 2 nitrogen and oxygen atoms in total. The van der Waals surface area contributed by atoms with Crippen molar-refractivity contribution in [1.82, 2.24) is 0 Å². The SMILES string of the molecule is CCCCCCOc1ccc(-c2ccc(/C=C(\F)C(F)(F)Oc3ccc(Cl)cc3)cc2)cc1. The van der Waals surface area contributed by atoms with Crippen LogP contribution in [0.25, 0.3) is 17.2 Å². The van der Waals surface area contributed by atoms with Gasteiger partial charge in [0.15, 0.2) is 0 Å². The standard InChI is InChI=1S/C27H26ClF3O2/c1-2-3-4-5-18-32-24-14-10-22(11-15-24)21-8-6-20(7-9-21)19-26(29)27(30,31)33-25-16-12-23(28)13-17-25/h6-17,19H,2-5,18H2,1H3/b26-19-. The molecule has 0 heterocycles. The molecule has 0 bridgehead atoms.